The molecule has 0 aliphatic carbocycles. The normalized spacial score (nSPS) is 11.2. The van der Waals surface area contributed by atoms with Gasteiger partial charge in [0.2, 0.25) is 0 Å². The van der Waals surface area contributed by atoms with Crippen LogP contribution in [0.25, 0.3) is 38.4 Å². The third-order valence-electron chi connectivity index (χ3n) is 3.97. The molecule has 0 spiro atoms. The molecule has 0 unspecified atom stereocenters. The molecule has 0 atom stereocenters. The topological polar surface area (TPSA) is 0 Å². The maximum atomic E-state index is 4.01. The molecule has 0 aromatic heterocycles. The summed E-state index contributed by atoms with van der Waals surface area (Å²) in [7, 11) is 0. The van der Waals surface area contributed by atoms with Crippen molar-refractivity contribution in [3.05, 3.63) is 78.9 Å². The van der Waals surface area contributed by atoms with Crippen molar-refractivity contribution in [2.75, 3.05) is 0 Å². The van der Waals surface area contributed by atoms with Crippen LogP contribution in [0.3, 0.4) is 0 Å². The van der Waals surface area contributed by atoms with Gasteiger partial charge in [0.1, 0.15) is 0 Å². The number of rotatable bonds is 1. The molecule has 4 aromatic carbocycles. The van der Waals surface area contributed by atoms with Crippen LogP contribution in [0, 0.1) is 0 Å². The molecule has 0 heterocycles. The van der Waals surface area contributed by atoms with Crippen molar-refractivity contribution in [2.24, 2.45) is 0 Å². The Balaban J connectivity index is 2.28. The summed E-state index contributed by atoms with van der Waals surface area (Å²) in [4.78, 5) is 0. The Hall–Kier alpha value is -2.60. The van der Waals surface area contributed by atoms with E-state index in [4.69, 9.17) is 0 Å². The van der Waals surface area contributed by atoms with Gasteiger partial charge < -0.3 is 0 Å². The Morgan fingerprint density at radius 2 is 1.20 bits per heavy atom. The van der Waals surface area contributed by atoms with Gasteiger partial charge in [0.05, 0.1) is 0 Å². The van der Waals surface area contributed by atoms with Gasteiger partial charge >= 0.3 is 0 Å². The minimum absolute atomic E-state index is 1.23. The molecule has 0 N–H and O–H groups in total. The van der Waals surface area contributed by atoms with E-state index in [2.05, 4.69) is 73.3 Å². The molecule has 0 heteroatoms. The first-order valence-electron chi connectivity index (χ1n) is 6.83. The molecule has 4 aromatic rings. The van der Waals surface area contributed by atoms with Gasteiger partial charge in [-0.1, -0.05) is 61.2 Å². The number of fused-ring (bicyclic) bond motifs is 3. The lowest BCUT2D eigenvalue weighted by Crippen LogP contribution is -1.84. The molecule has 0 saturated carbocycles. The molecule has 4 rings (SSSR count). The second-order valence-corrected chi connectivity index (χ2v) is 5.14. The van der Waals surface area contributed by atoms with Gasteiger partial charge in [-0.2, -0.15) is 0 Å². The molecule has 0 bridgehead atoms. The maximum absolute atomic E-state index is 4.01. The lowest BCUT2D eigenvalue weighted by atomic mass is 9.94. The molecule has 0 fully saturated rings. The number of hydrogen-bond acceptors (Lipinski definition) is 0. The Kier molecular flexibility index (Phi) is 2.37. The van der Waals surface area contributed by atoms with Crippen LogP contribution >= 0.6 is 0 Å². The summed E-state index contributed by atoms with van der Waals surface area (Å²) in [5.74, 6) is 0. The van der Waals surface area contributed by atoms with Crippen molar-refractivity contribution in [2.45, 2.75) is 0 Å². The van der Waals surface area contributed by atoms with E-state index in [-0.39, 0.29) is 0 Å². The van der Waals surface area contributed by atoms with Crippen molar-refractivity contribution in [1.29, 1.82) is 0 Å². The second-order valence-electron chi connectivity index (χ2n) is 5.14. The molecule has 0 radical (unpaired) electrons. The van der Waals surface area contributed by atoms with Crippen LogP contribution in [0.5, 0.6) is 0 Å². The van der Waals surface area contributed by atoms with Crippen molar-refractivity contribution < 1.29 is 0 Å². The van der Waals surface area contributed by atoms with Crippen molar-refractivity contribution >= 4 is 38.4 Å². The molecule has 94 valence electrons. The average molecular weight is 254 g/mol. The average Bonchev–Trinajstić information content (AvgIpc) is 2.50. The summed E-state index contributed by atoms with van der Waals surface area (Å²) in [6.07, 6.45) is 1.97. The summed E-state index contributed by atoms with van der Waals surface area (Å²) in [5.41, 5.74) is 1.23. The molecule has 20 heavy (non-hydrogen) atoms. The van der Waals surface area contributed by atoms with Gasteiger partial charge in [-0.05, 0) is 56.1 Å². The number of hydrogen-bond donors (Lipinski definition) is 0. The highest BCUT2D eigenvalue weighted by molar-refractivity contribution is 6.10. The quantitative estimate of drug-likeness (QED) is 0.377. The third kappa shape index (κ3) is 1.55. The molecular formula is C20H14. The van der Waals surface area contributed by atoms with Crippen molar-refractivity contribution in [1.82, 2.24) is 0 Å². The van der Waals surface area contributed by atoms with Gasteiger partial charge in [0.25, 0.3) is 0 Å². The standard InChI is InChI=1S/C20H14/c1-2-18-19-10-6-5-9-16(19)12-17-11-14-7-3-4-8-15(14)13-20(17)18/h2-13H,1H2. The Morgan fingerprint density at radius 3 is 1.95 bits per heavy atom. The highest BCUT2D eigenvalue weighted by Gasteiger charge is 2.06. The van der Waals surface area contributed by atoms with E-state index in [0.717, 1.165) is 0 Å². The van der Waals surface area contributed by atoms with E-state index < -0.39 is 0 Å². The summed E-state index contributed by atoms with van der Waals surface area (Å²) in [6, 6.07) is 23.8. The van der Waals surface area contributed by atoms with E-state index in [1.807, 2.05) is 6.08 Å². The minimum Gasteiger partial charge on any atom is -0.0984 e. The van der Waals surface area contributed by atoms with Gasteiger partial charge in [-0.3, -0.25) is 0 Å². The van der Waals surface area contributed by atoms with Gasteiger partial charge in [-0.15, -0.1) is 0 Å². The zero-order valence-corrected chi connectivity index (χ0v) is 11.1. The lowest BCUT2D eigenvalue weighted by molar-refractivity contribution is 1.75. The summed E-state index contributed by atoms with van der Waals surface area (Å²) in [6.45, 7) is 4.01. The second kappa shape index (κ2) is 4.21. The van der Waals surface area contributed by atoms with Gasteiger partial charge in [-0.25, -0.2) is 0 Å². The molecule has 0 aliphatic heterocycles. The Bertz CT molecular complexity index is 956. The fourth-order valence-electron chi connectivity index (χ4n) is 3.01. The van der Waals surface area contributed by atoms with Crippen LogP contribution in [-0.2, 0) is 0 Å². The predicted molar refractivity (Wildman–Crippen MR) is 89.1 cm³/mol. The van der Waals surface area contributed by atoms with Gasteiger partial charge in [0.15, 0.2) is 0 Å². The zero-order chi connectivity index (χ0) is 13.5. The van der Waals surface area contributed by atoms with Crippen molar-refractivity contribution in [3.63, 3.8) is 0 Å². The first kappa shape index (κ1) is 11.2. The first-order valence-corrected chi connectivity index (χ1v) is 6.83. The van der Waals surface area contributed by atoms with Crippen LogP contribution in [0.4, 0.5) is 0 Å². The predicted octanol–water partition coefficient (Wildman–Crippen LogP) is 5.79. The smallest absolute Gasteiger partial charge is 0.00988 e. The molecule has 0 nitrogen and oxygen atoms in total. The van der Waals surface area contributed by atoms with E-state index in [9.17, 15) is 0 Å². The maximum Gasteiger partial charge on any atom is -0.00988 e. The van der Waals surface area contributed by atoms with E-state index >= 15 is 0 Å². The number of benzene rings is 4. The highest BCUT2D eigenvalue weighted by Crippen LogP contribution is 2.32. The first-order chi connectivity index (χ1) is 9.86. The zero-order valence-electron chi connectivity index (χ0n) is 11.1. The molecule has 0 amide bonds. The minimum atomic E-state index is 1.23. The largest absolute Gasteiger partial charge is 0.0984 e. The van der Waals surface area contributed by atoms with Gasteiger partial charge in [0, 0.05) is 0 Å². The summed E-state index contributed by atoms with van der Waals surface area (Å²) < 4.78 is 0. The van der Waals surface area contributed by atoms with Crippen molar-refractivity contribution in [3.8, 4) is 0 Å². The van der Waals surface area contributed by atoms with Crippen LogP contribution < -0.4 is 0 Å². The van der Waals surface area contributed by atoms with Crippen LogP contribution in [0.15, 0.2) is 73.3 Å². The summed E-state index contributed by atoms with van der Waals surface area (Å²) >= 11 is 0. The fraction of sp³-hybridized carbons (Fsp3) is 0. The summed E-state index contributed by atoms with van der Waals surface area (Å²) in [5, 5.41) is 7.65. The third-order valence-corrected chi connectivity index (χ3v) is 3.97. The van der Waals surface area contributed by atoms with E-state index in [1.54, 1.807) is 0 Å². The van der Waals surface area contributed by atoms with Crippen LogP contribution in [-0.4, -0.2) is 0 Å². The fourth-order valence-corrected chi connectivity index (χ4v) is 3.01. The van der Waals surface area contributed by atoms with E-state index in [1.165, 1.54) is 37.9 Å². The Labute approximate surface area is 118 Å². The SMILES string of the molecule is C=Cc1c2ccccc2cc2cc3ccccc3cc12. The monoisotopic (exact) mass is 254 g/mol. The highest BCUT2D eigenvalue weighted by atomic mass is 14.1. The van der Waals surface area contributed by atoms with E-state index in [0.29, 0.717) is 0 Å². The lowest BCUT2D eigenvalue weighted by Gasteiger charge is -2.09. The Morgan fingerprint density at radius 1 is 0.600 bits per heavy atom. The molecule has 0 aliphatic rings. The van der Waals surface area contributed by atoms with Crippen LogP contribution in [0.1, 0.15) is 5.56 Å². The van der Waals surface area contributed by atoms with Crippen LogP contribution in [0.2, 0.25) is 0 Å². The molecule has 0 saturated heterocycles. The molecular weight excluding hydrogens is 240 g/mol.